The number of H-pyrrole nitrogens is 1. The SMILES string of the molecule is CCCn1ncc2c(=O)[nH]c(-c3cc(C(=O)CBr)ccc3OCC)nc21. The molecule has 0 radical (unpaired) electrons. The summed E-state index contributed by atoms with van der Waals surface area (Å²) in [5.74, 6) is 0.851. The van der Waals surface area contributed by atoms with Crippen molar-refractivity contribution in [3.63, 3.8) is 0 Å². The van der Waals surface area contributed by atoms with E-state index in [9.17, 15) is 9.59 Å². The maximum absolute atomic E-state index is 12.5. The summed E-state index contributed by atoms with van der Waals surface area (Å²) in [4.78, 5) is 31.9. The van der Waals surface area contributed by atoms with Crippen molar-refractivity contribution in [1.82, 2.24) is 19.7 Å². The Balaban J connectivity index is 2.22. The quantitative estimate of drug-likeness (QED) is 0.469. The molecule has 2 aromatic heterocycles. The molecule has 1 N–H and O–H groups in total. The number of ether oxygens (including phenoxy) is 1. The lowest BCUT2D eigenvalue weighted by atomic mass is 10.1. The number of hydrogen-bond donors (Lipinski definition) is 1. The number of nitrogens with one attached hydrogen (secondary N) is 1. The van der Waals surface area contributed by atoms with Crippen molar-refractivity contribution in [2.45, 2.75) is 26.8 Å². The Morgan fingerprint density at radius 2 is 2.15 bits per heavy atom. The first-order chi connectivity index (χ1) is 12.6. The van der Waals surface area contributed by atoms with E-state index >= 15 is 0 Å². The van der Waals surface area contributed by atoms with E-state index in [1.54, 1.807) is 22.9 Å². The number of carbonyl (C=O) groups is 1. The number of aromatic nitrogens is 4. The molecule has 0 saturated carbocycles. The number of rotatable bonds is 7. The monoisotopic (exact) mass is 418 g/mol. The first kappa shape index (κ1) is 18.3. The van der Waals surface area contributed by atoms with E-state index in [-0.39, 0.29) is 16.7 Å². The van der Waals surface area contributed by atoms with Crippen molar-refractivity contribution < 1.29 is 9.53 Å². The first-order valence-corrected chi connectivity index (χ1v) is 9.53. The fourth-order valence-corrected chi connectivity index (χ4v) is 3.04. The summed E-state index contributed by atoms with van der Waals surface area (Å²) < 4.78 is 7.37. The number of benzene rings is 1. The summed E-state index contributed by atoms with van der Waals surface area (Å²) in [7, 11) is 0. The van der Waals surface area contributed by atoms with Crippen LogP contribution in [0.25, 0.3) is 22.4 Å². The van der Waals surface area contributed by atoms with Crippen molar-refractivity contribution >= 4 is 32.7 Å². The molecule has 2 heterocycles. The van der Waals surface area contributed by atoms with Gasteiger partial charge < -0.3 is 9.72 Å². The third-order valence-corrected chi connectivity index (χ3v) is 4.43. The zero-order chi connectivity index (χ0) is 18.7. The molecule has 8 heteroatoms. The zero-order valence-electron chi connectivity index (χ0n) is 14.6. The van der Waals surface area contributed by atoms with Gasteiger partial charge in [0.25, 0.3) is 5.56 Å². The van der Waals surface area contributed by atoms with Gasteiger partial charge in [-0.2, -0.15) is 5.10 Å². The molecule has 1 aromatic carbocycles. The van der Waals surface area contributed by atoms with Gasteiger partial charge in [0, 0.05) is 12.1 Å². The second kappa shape index (κ2) is 7.82. The number of nitrogens with zero attached hydrogens (tertiary/aromatic N) is 3. The Bertz CT molecular complexity index is 1010. The van der Waals surface area contributed by atoms with Gasteiger partial charge in [-0.25, -0.2) is 9.67 Å². The van der Waals surface area contributed by atoms with E-state index in [1.807, 2.05) is 13.8 Å². The summed E-state index contributed by atoms with van der Waals surface area (Å²) in [6.07, 6.45) is 2.40. The van der Waals surface area contributed by atoms with Crippen molar-refractivity contribution in [3.05, 3.63) is 40.3 Å². The van der Waals surface area contributed by atoms with Crippen LogP contribution in [0.15, 0.2) is 29.2 Å². The minimum atomic E-state index is -0.271. The Morgan fingerprint density at radius 1 is 1.35 bits per heavy atom. The summed E-state index contributed by atoms with van der Waals surface area (Å²) in [5.41, 5.74) is 1.34. The van der Waals surface area contributed by atoms with Gasteiger partial charge >= 0.3 is 0 Å². The molecule has 3 aromatic rings. The number of carbonyl (C=O) groups excluding carboxylic acids is 1. The van der Waals surface area contributed by atoms with Crippen LogP contribution in [0.3, 0.4) is 0 Å². The smallest absolute Gasteiger partial charge is 0.262 e. The van der Waals surface area contributed by atoms with Gasteiger partial charge in [-0.05, 0) is 31.5 Å². The molecule has 7 nitrogen and oxygen atoms in total. The molecular formula is C18H19BrN4O3. The number of ketones is 1. The summed E-state index contributed by atoms with van der Waals surface area (Å²) >= 11 is 3.18. The Hall–Kier alpha value is -2.48. The number of aromatic amines is 1. The molecule has 0 amide bonds. The number of alkyl halides is 1. The highest BCUT2D eigenvalue weighted by molar-refractivity contribution is 9.09. The largest absolute Gasteiger partial charge is 0.493 e. The molecule has 0 spiro atoms. The molecule has 0 fully saturated rings. The van der Waals surface area contributed by atoms with E-state index in [4.69, 9.17) is 4.74 Å². The van der Waals surface area contributed by atoms with Gasteiger partial charge in [-0.3, -0.25) is 9.59 Å². The molecule has 0 saturated heterocycles. The normalized spacial score (nSPS) is 11.0. The second-order valence-electron chi connectivity index (χ2n) is 5.72. The lowest BCUT2D eigenvalue weighted by Crippen LogP contribution is -2.11. The average Bonchev–Trinajstić information content (AvgIpc) is 3.05. The molecule has 3 rings (SSSR count). The van der Waals surface area contributed by atoms with Gasteiger partial charge in [0.05, 0.1) is 23.7 Å². The Morgan fingerprint density at radius 3 is 2.85 bits per heavy atom. The third kappa shape index (κ3) is 3.41. The van der Waals surface area contributed by atoms with Gasteiger partial charge in [-0.15, -0.1) is 0 Å². The molecule has 26 heavy (non-hydrogen) atoms. The molecule has 136 valence electrons. The highest BCUT2D eigenvalue weighted by Gasteiger charge is 2.16. The van der Waals surface area contributed by atoms with Crippen molar-refractivity contribution in [1.29, 1.82) is 0 Å². The van der Waals surface area contributed by atoms with Gasteiger partial charge in [0.15, 0.2) is 11.4 Å². The summed E-state index contributed by atoms with van der Waals surface area (Å²) in [6, 6.07) is 5.12. The van der Waals surface area contributed by atoms with Crippen LogP contribution in [0.5, 0.6) is 5.75 Å². The number of hydrogen-bond acceptors (Lipinski definition) is 5. The van der Waals surface area contributed by atoms with Crippen LogP contribution >= 0.6 is 15.9 Å². The van der Waals surface area contributed by atoms with Crippen molar-refractivity contribution in [2.75, 3.05) is 11.9 Å². The molecular weight excluding hydrogens is 400 g/mol. The van der Waals surface area contributed by atoms with Crippen LogP contribution < -0.4 is 10.3 Å². The topological polar surface area (TPSA) is 89.9 Å². The maximum Gasteiger partial charge on any atom is 0.262 e. The molecule has 0 aliphatic heterocycles. The molecule has 0 aliphatic rings. The zero-order valence-corrected chi connectivity index (χ0v) is 16.2. The highest BCUT2D eigenvalue weighted by Crippen LogP contribution is 2.29. The van der Waals surface area contributed by atoms with E-state index in [2.05, 4.69) is 31.0 Å². The van der Waals surface area contributed by atoms with Crippen molar-refractivity contribution in [3.8, 4) is 17.1 Å². The fourth-order valence-electron chi connectivity index (χ4n) is 2.72. The molecule has 0 atom stereocenters. The van der Waals surface area contributed by atoms with Crippen LogP contribution in [-0.4, -0.2) is 37.5 Å². The van der Waals surface area contributed by atoms with E-state index in [0.717, 1.165) is 6.42 Å². The van der Waals surface area contributed by atoms with Gasteiger partial charge in [0.1, 0.15) is 17.0 Å². The Labute approximate surface area is 158 Å². The predicted octanol–water partition coefficient (Wildman–Crippen LogP) is 3.17. The maximum atomic E-state index is 12.5. The Kier molecular flexibility index (Phi) is 5.51. The number of aryl methyl sites for hydroxylation is 1. The van der Waals surface area contributed by atoms with Crippen LogP contribution in [0.2, 0.25) is 0 Å². The summed E-state index contributed by atoms with van der Waals surface area (Å²) in [5, 5.41) is 4.89. The lowest BCUT2D eigenvalue weighted by Gasteiger charge is -2.11. The standard InChI is InChI=1S/C18H19BrN4O3/c1-3-7-23-17-13(10-20-23)18(25)22-16(21-17)12-8-11(14(24)9-19)5-6-15(12)26-4-2/h5-6,8,10H,3-4,7,9H2,1-2H3,(H,21,22,25). The first-order valence-electron chi connectivity index (χ1n) is 8.41. The molecule has 0 unspecified atom stereocenters. The van der Waals surface area contributed by atoms with Crippen LogP contribution in [0.4, 0.5) is 0 Å². The van der Waals surface area contributed by atoms with Crippen LogP contribution in [-0.2, 0) is 6.54 Å². The molecule has 0 aliphatic carbocycles. The lowest BCUT2D eigenvalue weighted by molar-refractivity contribution is 0.102. The number of halogens is 1. The molecule has 0 bridgehead atoms. The van der Waals surface area contributed by atoms with E-state index < -0.39 is 0 Å². The summed E-state index contributed by atoms with van der Waals surface area (Å²) in [6.45, 7) is 5.03. The van der Waals surface area contributed by atoms with Gasteiger partial charge in [0.2, 0.25) is 0 Å². The number of Topliss-reactive ketones (excluding diaryl/α,β-unsaturated/α-hetero) is 1. The van der Waals surface area contributed by atoms with E-state index in [0.29, 0.717) is 46.9 Å². The van der Waals surface area contributed by atoms with E-state index in [1.165, 1.54) is 6.20 Å². The van der Waals surface area contributed by atoms with Crippen molar-refractivity contribution in [2.24, 2.45) is 0 Å². The fraction of sp³-hybridized carbons (Fsp3) is 0.333. The number of fused-ring (bicyclic) bond motifs is 1. The van der Waals surface area contributed by atoms with Crippen LogP contribution in [0, 0.1) is 0 Å². The minimum Gasteiger partial charge on any atom is -0.493 e. The van der Waals surface area contributed by atoms with Gasteiger partial charge in [-0.1, -0.05) is 22.9 Å². The predicted molar refractivity (Wildman–Crippen MR) is 103 cm³/mol. The third-order valence-electron chi connectivity index (χ3n) is 3.92. The second-order valence-corrected chi connectivity index (χ2v) is 6.28. The highest BCUT2D eigenvalue weighted by atomic mass is 79.9. The average molecular weight is 419 g/mol. The minimum absolute atomic E-state index is 0.0613. The van der Waals surface area contributed by atoms with Crippen LogP contribution in [0.1, 0.15) is 30.6 Å².